The van der Waals surface area contributed by atoms with Crippen LogP contribution in [0.3, 0.4) is 0 Å². The Kier molecular flexibility index (Phi) is 4.93. The van der Waals surface area contributed by atoms with Gasteiger partial charge in [-0.3, -0.25) is 0 Å². The molecule has 3 nitrogen and oxygen atoms in total. The second-order valence-corrected chi connectivity index (χ2v) is 5.60. The third-order valence-electron chi connectivity index (χ3n) is 2.76. The van der Waals surface area contributed by atoms with E-state index in [1.807, 2.05) is 36.4 Å². The first kappa shape index (κ1) is 14.8. The predicted molar refractivity (Wildman–Crippen MR) is 83.2 cm³/mol. The largest absolute Gasteiger partial charge is 0.465 e. The monoisotopic (exact) mass is 307 g/mol. The smallest absolute Gasteiger partial charge is 0.340 e. The molecule has 0 atom stereocenters. The third kappa shape index (κ3) is 3.46. The van der Waals surface area contributed by atoms with Crippen molar-refractivity contribution < 1.29 is 9.53 Å². The third-order valence-corrected chi connectivity index (χ3v) is 4.04. The Bertz CT molecular complexity index is 631. The Labute approximate surface area is 127 Å². The van der Waals surface area contributed by atoms with Gasteiger partial charge in [-0.15, -0.1) is 11.8 Å². The molecule has 0 bridgehead atoms. The molecule has 0 spiro atoms. The molecular weight excluding hydrogens is 294 g/mol. The molecule has 5 heteroatoms. The molecular formula is C15H14ClNO2S. The number of methoxy groups -OCH3 is 1. The van der Waals surface area contributed by atoms with Crippen LogP contribution in [0.1, 0.15) is 15.9 Å². The molecule has 0 radical (unpaired) electrons. The second-order valence-electron chi connectivity index (χ2n) is 4.12. The average Bonchev–Trinajstić information content (AvgIpc) is 2.44. The Balaban J connectivity index is 2.21. The Morgan fingerprint density at radius 3 is 2.75 bits per heavy atom. The fraction of sp³-hybridized carbons (Fsp3) is 0.133. The predicted octanol–water partition coefficient (Wildman–Crippen LogP) is 4.00. The highest BCUT2D eigenvalue weighted by molar-refractivity contribution is 7.98. The topological polar surface area (TPSA) is 52.3 Å². The van der Waals surface area contributed by atoms with Crippen LogP contribution in [0, 0.1) is 0 Å². The fourth-order valence-corrected chi connectivity index (χ4v) is 3.01. The molecule has 2 rings (SSSR count). The van der Waals surface area contributed by atoms with E-state index in [0.717, 1.165) is 10.5 Å². The number of anilines is 1. The van der Waals surface area contributed by atoms with Crippen LogP contribution in [0.15, 0.2) is 47.4 Å². The SMILES string of the molecule is COC(=O)c1c(N)cccc1CSc1cccc(Cl)c1. The van der Waals surface area contributed by atoms with Crippen molar-refractivity contribution in [1.29, 1.82) is 0 Å². The maximum atomic E-state index is 11.8. The Morgan fingerprint density at radius 1 is 1.30 bits per heavy atom. The van der Waals surface area contributed by atoms with Crippen molar-refractivity contribution in [2.24, 2.45) is 0 Å². The maximum Gasteiger partial charge on any atom is 0.340 e. The summed E-state index contributed by atoms with van der Waals surface area (Å²) >= 11 is 7.54. The zero-order valence-electron chi connectivity index (χ0n) is 10.9. The fourth-order valence-electron chi connectivity index (χ4n) is 1.81. The lowest BCUT2D eigenvalue weighted by Gasteiger charge is -2.10. The van der Waals surface area contributed by atoms with E-state index < -0.39 is 5.97 Å². The van der Waals surface area contributed by atoms with Crippen LogP contribution in [0.4, 0.5) is 5.69 Å². The number of ether oxygens (including phenoxy) is 1. The zero-order chi connectivity index (χ0) is 14.5. The van der Waals surface area contributed by atoms with E-state index in [1.54, 1.807) is 17.8 Å². The van der Waals surface area contributed by atoms with E-state index in [0.29, 0.717) is 22.0 Å². The summed E-state index contributed by atoms with van der Waals surface area (Å²) in [6, 6.07) is 13.0. The molecule has 104 valence electrons. The quantitative estimate of drug-likeness (QED) is 0.527. The van der Waals surface area contributed by atoms with Crippen molar-refractivity contribution in [3.63, 3.8) is 0 Å². The summed E-state index contributed by atoms with van der Waals surface area (Å²) in [6.45, 7) is 0. The Morgan fingerprint density at radius 2 is 2.05 bits per heavy atom. The van der Waals surface area contributed by atoms with E-state index in [-0.39, 0.29) is 0 Å². The molecule has 0 unspecified atom stereocenters. The zero-order valence-corrected chi connectivity index (χ0v) is 12.5. The minimum absolute atomic E-state index is 0.412. The van der Waals surface area contributed by atoms with Crippen LogP contribution in [-0.2, 0) is 10.5 Å². The van der Waals surface area contributed by atoms with Gasteiger partial charge in [0.15, 0.2) is 0 Å². The van der Waals surface area contributed by atoms with Crippen LogP contribution >= 0.6 is 23.4 Å². The number of halogens is 1. The van der Waals surface area contributed by atoms with E-state index in [9.17, 15) is 4.79 Å². The summed E-state index contributed by atoms with van der Waals surface area (Å²) in [4.78, 5) is 12.8. The summed E-state index contributed by atoms with van der Waals surface area (Å²) in [5, 5.41) is 0.691. The van der Waals surface area contributed by atoms with Crippen LogP contribution in [-0.4, -0.2) is 13.1 Å². The van der Waals surface area contributed by atoms with E-state index in [2.05, 4.69) is 0 Å². The summed E-state index contributed by atoms with van der Waals surface area (Å²) < 4.78 is 4.78. The highest BCUT2D eigenvalue weighted by atomic mass is 35.5. The number of hydrogen-bond acceptors (Lipinski definition) is 4. The first-order valence-corrected chi connectivity index (χ1v) is 7.32. The van der Waals surface area contributed by atoms with Crippen LogP contribution in [0.5, 0.6) is 0 Å². The van der Waals surface area contributed by atoms with Gasteiger partial charge in [-0.2, -0.15) is 0 Å². The van der Waals surface area contributed by atoms with Gasteiger partial charge in [0.05, 0.1) is 12.7 Å². The number of nitrogens with two attached hydrogens (primary N) is 1. The van der Waals surface area contributed by atoms with Gasteiger partial charge in [-0.05, 0) is 29.8 Å². The van der Waals surface area contributed by atoms with Gasteiger partial charge in [-0.25, -0.2) is 4.79 Å². The molecule has 0 aliphatic rings. The number of thioether (sulfide) groups is 1. The van der Waals surface area contributed by atoms with Gasteiger partial charge in [0.1, 0.15) is 0 Å². The summed E-state index contributed by atoms with van der Waals surface area (Å²) in [7, 11) is 1.35. The maximum absolute atomic E-state index is 11.8. The second kappa shape index (κ2) is 6.68. The van der Waals surface area contributed by atoms with Gasteiger partial charge in [-0.1, -0.05) is 29.8 Å². The molecule has 0 aromatic heterocycles. The van der Waals surface area contributed by atoms with Gasteiger partial charge in [0.2, 0.25) is 0 Å². The van der Waals surface area contributed by atoms with E-state index in [4.69, 9.17) is 22.1 Å². The molecule has 0 fully saturated rings. The van der Waals surface area contributed by atoms with E-state index >= 15 is 0 Å². The van der Waals surface area contributed by atoms with Crippen molar-refractivity contribution >= 4 is 35.0 Å². The van der Waals surface area contributed by atoms with Crippen LogP contribution in [0.2, 0.25) is 5.02 Å². The highest BCUT2D eigenvalue weighted by Gasteiger charge is 2.15. The number of carbonyl (C=O) groups is 1. The first-order chi connectivity index (χ1) is 9.61. The summed E-state index contributed by atoms with van der Waals surface area (Å²) in [6.07, 6.45) is 0. The van der Waals surface area contributed by atoms with Gasteiger partial charge < -0.3 is 10.5 Å². The number of hydrogen-bond donors (Lipinski definition) is 1. The molecule has 0 saturated carbocycles. The lowest BCUT2D eigenvalue weighted by Crippen LogP contribution is -2.09. The summed E-state index contributed by atoms with van der Waals surface area (Å²) in [5.74, 6) is 0.209. The lowest BCUT2D eigenvalue weighted by molar-refractivity contribution is 0.0601. The molecule has 0 heterocycles. The molecule has 0 aliphatic carbocycles. The lowest BCUT2D eigenvalue weighted by atomic mass is 10.1. The molecule has 0 saturated heterocycles. The number of esters is 1. The summed E-state index contributed by atoms with van der Waals surface area (Å²) in [5.41, 5.74) is 7.57. The van der Waals surface area contributed by atoms with Crippen molar-refractivity contribution in [2.45, 2.75) is 10.6 Å². The first-order valence-electron chi connectivity index (χ1n) is 5.96. The van der Waals surface area contributed by atoms with Crippen molar-refractivity contribution in [1.82, 2.24) is 0 Å². The van der Waals surface area contributed by atoms with Crippen LogP contribution < -0.4 is 5.73 Å². The minimum Gasteiger partial charge on any atom is -0.465 e. The molecule has 2 aromatic rings. The average molecular weight is 308 g/mol. The standard InChI is InChI=1S/C15H14ClNO2S/c1-19-15(18)14-10(4-2-7-13(14)17)9-20-12-6-3-5-11(16)8-12/h2-8H,9,17H2,1H3. The number of benzene rings is 2. The number of carbonyl (C=O) groups excluding carboxylic acids is 1. The van der Waals surface area contributed by atoms with Crippen molar-refractivity contribution in [3.05, 3.63) is 58.6 Å². The molecule has 0 amide bonds. The van der Waals surface area contributed by atoms with E-state index in [1.165, 1.54) is 7.11 Å². The Hall–Kier alpha value is -1.65. The molecule has 20 heavy (non-hydrogen) atoms. The van der Waals surface area contributed by atoms with Crippen molar-refractivity contribution in [2.75, 3.05) is 12.8 Å². The normalized spacial score (nSPS) is 10.3. The number of nitrogen functional groups attached to an aromatic ring is 1. The number of rotatable bonds is 4. The van der Waals surface area contributed by atoms with Gasteiger partial charge in [0.25, 0.3) is 0 Å². The highest BCUT2D eigenvalue weighted by Crippen LogP contribution is 2.28. The van der Waals surface area contributed by atoms with Gasteiger partial charge >= 0.3 is 5.97 Å². The molecule has 2 N–H and O–H groups in total. The molecule has 2 aromatic carbocycles. The minimum atomic E-state index is -0.412. The van der Waals surface area contributed by atoms with Gasteiger partial charge in [0, 0.05) is 21.4 Å². The molecule has 0 aliphatic heterocycles. The van der Waals surface area contributed by atoms with Crippen molar-refractivity contribution in [3.8, 4) is 0 Å². The van der Waals surface area contributed by atoms with Crippen LogP contribution in [0.25, 0.3) is 0 Å².